The Morgan fingerprint density at radius 3 is 2.70 bits per heavy atom. The number of amides is 1. The van der Waals surface area contributed by atoms with Crippen LogP contribution in [0.25, 0.3) is 20.4 Å². The van der Waals surface area contributed by atoms with Gasteiger partial charge in [0.05, 0.1) is 20.1 Å². The smallest absolute Gasteiger partial charge is 0.261 e. The monoisotopic (exact) mass is 396 g/mol. The Morgan fingerprint density at radius 1 is 1.07 bits per heavy atom. The van der Waals surface area contributed by atoms with E-state index in [1.165, 1.54) is 16.0 Å². The van der Waals surface area contributed by atoms with Gasteiger partial charge >= 0.3 is 0 Å². The molecule has 27 heavy (non-hydrogen) atoms. The number of benzene rings is 1. The lowest BCUT2D eigenvalue weighted by Gasteiger charge is -2.03. The third-order valence-electron chi connectivity index (χ3n) is 4.48. The van der Waals surface area contributed by atoms with Gasteiger partial charge in [-0.05, 0) is 44.9 Å². The average Bonchev–Trinajstić information content (AvgIpc) is 3.19. The third kappa shape index (κ3) is 3.57. The summed E-state index contributed by atoms with van der Waals surface area (Å²) in [5.41, 5.74) is 2.95. The quantitative estimate of drug-likeness (QED) is 0.501. The Balaban J connectivity index is 1.40. The number of nitrogens with one attached hydrogen (secondary N) is 1. The van der Waals surface area contributed by atoms with Gasteiger partial charge in [0.1, 0.15) is 10.7 Å². The molecule has 0 spiro atoms. The Bertz CT molecular complexity index is 1110. The average molecular weight is 397 g/mol. The van der Waals surface area contributed by atoms with Gasteiger partial charge in [0.15, 0.2) is 0 Å². The molecule has 7 heteroatoms. The minimum atomic E-state index is -0.0307. The molecule has 0 aliphatic carbocycles. The van der Waals surface area contributed by atoms with E-state index in [-0.39, 0.29) is 5.91 Å². The highest BCUT2D eigenvalue weighted by molar-refractivity contribution is 7.20. The molecule has 0 aliphatic rings. The second kappa shape index (κ2) is 7.32. The van der Waals surface area contributed by atoms with E-state index in [9.17, 15) is 4.79 Å². The number of fused-ring (bicyclic) bond motifs is 2. The molecule has 4 aromatic rings. The summed E-state index contributed by atoms with van der Waals surface area (Å²) in [4.78, 5) is 27.8. The van der Waals surface area contributed by atoms with Gasteiger partial charge in [-0.1, -0.05) is 12.1 Å². The fourth-order valence-corrected chi connectivity index (χ4v) is 5.44. The summed E-state index contributed by atoms with van der Waals surface area (Å²) in [7, 11) is 0. The van der Waals surface area contributed by atoms with Gasteiger partial charge in [-0.25, -0.2) is 15.0 Å². The molecule has 1 N–H and O–H groups in total. The number of rotatable bonds is 5. The van der Waals surface area contributed by atoms with Crippen molar-refractivity contribution in [2.45, 2.75) is 33.6 Å². The maximum atomic E-state index is 12.6. The predicted octanol–water partition coefficient (Wildman–Crippen LogP) is 4.59. The van der Waals surface area contributed by atoms with Crippen LogP contribution in [0.5, 0.6) is 0 Å². The van der Waals surface area contributed by atoms with Gasteiger partial charge in [-0.3, -0.25) is 4.79 Å². The molecule has 0 saturated heterocycles. The number of carbonyl (C=O) groups is 1. The minimum absolute atomic E-state index is 0.0307. The molecule has 4 rings (SSSR count). The van der Waals surface area contributed by atoms with E-state index in [1.54, 1.807) is 11.3 Å². The second-order valence-corrected chi connectivity index (χ2v) is 8.64. The Hall–Kier alpha value is -2.38. The zero-order valence-corrected chi connectivity index (χ0v) is 17.1. The number of hydrogen-bond donors (Lipinski definition) is 1. The Kier molecular flexibility index (Phi) is 4.88. The fraction of sp³-hybridized carbons (Fsp3) is 0.300. The number of aryl methyl sites for hydroxylation is 4. The van der Waals surface area contributed by atoms with Crippen LogP contribution in [0.1, 0.15) is 38.2 Å². The molecule has 0 radical (unpaired) electrons. The molecule has 3 aromatic heterocycles. The van der Waals surface area contributed by atoms with Gasteiger partial charge in [-0.2, -0.15) is 0 Å². The molecule has 0 fully saturated rings. The highest BCUT2D eigenvalue weighted by atomic mass is 32.1. The summed E-state index contributed by atoms with van der Waals surface area (Å²) in [5.74, 6) is 0.709. The lowest BCUT2D eigenvalue weighted by Crippen LogP contribution is -2.24. The summed E-state index contributed by atoms with van der Waals surface area (Å²) in [5, 5.41) is 5.16. The van der Waals surface area contributed by atoms with E-state index in [2.05, 4.69) is 26.3 Å². The second-order valence-electron chi connectivity index (χ2n) is 6.53. The number of para-hydroxylation sites is 1. The van der Waals surface area contributed by atoms with Crippen LogP contribution in [0.15, 0.2) is 24.3 Å². The summed E-state index contributed by atoms with van der Waals surface area (Å²) < 4.78 is 1.21. The van der Waals surface area contributed by atoms with Crippen LogP contribution in [-0.4, -0.2) is 27.4 Å². The maximum Gasteiger partial charge on any atom is 0.261 e. The zero-order valence-electron chi connectivity index (χ0n) is 15.5. The number of nitrogens with zero attached hydrogens (tertiary/aromatic N) is 3. The standard InChI is InChI=1S/C20H20N4OS2/c1-11-17-12(2)22-13(3)23-20(17)27-18(11)19(25)21-10-6-9-16-24-14-7-4-5-8-15(14)26-16/h4-5,7-8H,6,9-10H2,1-3H3,(H,21,25). The van der Waals surface area contributed by atoms with Crippen molar-refractivity contribution in [3.05, 3.63) is 51.2 Å². The Labute approximate surface area is 165 Å². The topological polar surface area (TPSA) is 67.8 Å². The van der Waals surface area contributed by atoms with Crippen LogP contribution >= 0.6 is 22.7 Å². The van der Waals surface area contributed by atoms with Crippen LogP contribution in [0.4, 0.5) is 0 Å². The van der Waals surface area contributed by atoms with Crippen molar-refractivity contribution < 1.29 is 4.79 Å². The SMILES string of the molecule is Cc1nc(C)c2c(C)c(C(=O)NCCCc3nc4ccccc4s3)sc2n1. The molecule has 0 aliphatic heterocycles. The summed E-state index contributed by atoms with van der Waals surface area (Å²) in [6.07, 6.45) is 1.74. The van der Waals surface area contributed by atoms with E-state index in [0.717, 1.165) is 55.5 Å². The fourth-order valence-electron chi connectivity index (χ4n) is 3.24. The first-order valence-electron chi connectivity index (χ1n) is 8.90. The molecule has 0 saturated carbocycles. The van der Waals surface area contributed by atoms with Crippen molar-refractivity contribution in [2.75, 3.05) is 6.54 Å². The van der Waals surface area contributed by atoms with E-state index in [1.807, 2.05) is 39.0 Å². The van der Waals surface area contributed by atoms with Crippen molar-refractivity contribution >= 4 is 49.0 Å². The third-order valence-corrected chi connectivity index (χ3v) is 6.76. The molecule has 0 unspecified atom stereocenters. The number of hydrogen-bond acceptors (Lipinski definition) is 6. The highest BCUT2D eigenvalue weighted by Gasteiger charge is 2.18. The first-order chi connectivity index (χ1) is 13.0. The maximum absolute atomic E-state index is 12.6. The molecule has 5 nitrogen and oxygen atoms in total. The van der Waals surface area contributed by atoms with Gasteiger partial charge in [0.25, 0.3) is 5.91 Å². The van der Waals surface area contributed by atoms with Crippen molar-refractivity contribution in [3.8, 4) is 0 Å². The van der Waals surface area contributed by atoms with Crippen molar-refractivity contribution in [1.29, 1.82) is 0 Å². The molecule has 1 amide bonds. The number of aromatic nitrogens is 3. The van der Waals surface area contributed by atoms with Crippen LogP contribution in [0.3, 0.4) is 0 Å². The first-order valence-corrected chi connectivity index (χ1v) is 10.5. The highest BCUT2D eigenvalue weighted by Crippen LogP contribution is 2.31. The van der Waals surface area contributed by atoms with Gasteiger partial charge in [-0.15, -0.1) is 22.7 Å². The zero-order chi connectivity index (χ0) is 19.0. The number of thiazole rings is 1. The molecule has 3 heterocycles. The molecule has 138 valence electrons. The van der Waals surface area contributed by atoms with Crippen LogP contribution in [0, 0.1) is 20.8 Å². The number of carbonyl (C=O) groups excluding carboxylic acids is 1. The van der Waals surface area contributed by atoms with E-state index in [4.69, 9.17) is 0 Å². The van der Waals surface area contributed by atoms with Crippen LogP contribution in [0.2, 0.25) is 0 Å². The van der Waals surface area contributed by atoms with Crippen molar-refractivity contribution in [3.63, 3.8) is 0 Å². The largest absolute Gasteiger partial charge is 0.351 e. The van der Waals surface area contributed by atoms with Crippen molar-refractivity contribution in [2.24, 2.45) is 0 Å². The number of thiophene rings is 1. The van der Waals surface area contributed by atoms with Crippen molar-refractivity contribution in [1.82, 2.24) is 20.3 Å². The van der Waals surface area contributed by atoms with E-state index >= 15 is 0 Å². The molecule has 0 atom stereocenters. The van der Waals surface area contributed by atoms with E-state index < -0.39 is 0 Å². The molecular weight excluding hydrogens is 376 g/mol. The molecule has 0 bridgehead atoms. The summed E-state index contributed by atoms with van der Waals surface area (Å²) >= 11 is 3.17. The minimum Gasteiger partial charge on any atom is -0.351 e. The van der Waals surface area contributed by atoms with Gasteiger partial charge < -0.3 is 5.32 Å². The predicted molar refractivity (Wildman–Crippen MR) is 112 cm³/mol. The lowest BCUT2D eigenvalue weighted by molar-refractivity contribution is 0.0957. The summed E-state index contributed by atoms with van der Waals surface area (Å²) in [6, 6.07) is 8.17. The lowest BCUT2D eigenvalue weighted by atomic mass is 10.1. The molecule has 1 aromatic carbocycles. The van der Waals surface area contributed by atoms with Gasteiger partial charge in [0.2, 0.25) is 0 Å². The normalized spacial score (nSPS) is 11.4. The first kappa shape index (κ1) is 18.0. The van der Waals surface area contributed by atoms with Crippen LogP contribution < -0.4 is 5.32 Å². The van der Waals surface area contributed by atoms with Crippen LogP contribution in [-0.2, 0) is 6.42 Å². The molecular formula is C20H20N4OS2. The van der Waals surface area contributed by atoms with Gasteiger partial charge in [0, 0.05) is 24.0 Å². The Morgan fingerprint density at radius 2 is 1.89 bits per heavy atom. The summed E-state index contributed by atoms with van der Waals surface area (Å²) in [6.45, 7) is 6.45. The van der Waals surface area contributed by atoms with E-state index in [0.29, 0.717) is 6.54 Å².